The Morgan fingerprint density at radius 3 is 2.37 bits per heavy atom. The van der Waals surface area contributed by atoms with Crippen molar-refractivity contribution in [1.29, 1.82) is 0 Å². The molecule has 0 spiro atoms. The number of anilines is 1. The zero-order valence-corrected chi connectivity index (χ0v) is 18.6. The predicted molar refractivity (Wildman–Crippen MR) is 124 cm³/mol. The highest BCUT2D eigenvalue weighted by atomic mass is 32.1. The first-order valence-electron chi connectivity index (χ1n) is 9.97. The molecule has 156 valence electrons. The lowest BCUT2D eigenvalue weighted by Gasteiger charge is -2.13. The Hall–Kier alpha value is -2.76. The van der Waals surface area contributed by atoms with E-state index in [9.17, 15) is 9.59 Å². The number of ether oxygens (including phenoxy) is 1. The number of carbonyl (C=O) groups excluding carboxylic acids is 2. The highest BCUT2D eigenvalue weighted by Crippen LogP contribution is 2.27. The maximum absolute atomic E-state index is 12.9. The smallest absolute Gasteiger partial charge is 0.265 e. The monoisotopic (exact) mass is 421 g/mol. The summed E-state index contributed by atoms with van der Waals surface area (Å²) in [5, 5.41) is 2.96. The molecular weight excluding hydrogens is 394 g/mol. The van der Waals surface area contributed by atoms with Crippen molar-refractivity contribution in [2.75, 3.05) is 19.0 Å². The Morgan fingerprint density at radius 2 is 1.73 bits per heavy atom. The maximum atomic E-state index is 12.9. The van der Waals surface area contributed by atoms with Crippen LogP contribution in [0.4, 0.5) is 5.69 Å². The van der Waals surface area contributed by atoms with E-state index in [1.807, 2.05) is 69.3 Å². The first-order valence-corrected chi connectivity index (χ1v) is 10.8. The van der Waals surface area contributed by atoms with Gasteiger partial charge in [0.25, 0.3) is 5.91 Å². The summed E-state index contributed by atoms with van der Waals surface area (Å²) >= 11 is 1.45. The van der Waals surface area contributed by atoms with Gasteiger partial charge in [-0.2, -0.15) is 0 Å². The number of benzene rings is 2. The third kappa shape index (κ3) is 5.65. The van der Waals surface area contributed by atoms with Crippen LogP contribution in [0.15, 0.2) is 54.6 Å². The van der Waals surface area contributed by atoms with E-state index in [0.717, 1.165) is 16.0 Å². The molecule has 30 heavy (non-hydrogen) atoms. The van der Waals surface area contributed by atoms with Crippen molar-refractivity contribution >= 4 is 28.7 Å². The number of ketones is 1. The summed E-state index contributed by atoms with van der Waals surface area (Å²) in [7, 11) is 1.64. The first kappa shape index (κ1) is 21.9. The van der Waals surface area contributed by atoms with Crippen LogP contribution < -0.4 is 5.32 Å². The molecule has 3 aromatic rings. The van der Waals surface area contributed by atoms with Gasteiger partial charge in [-0.05, 0) is 61.2 Å². The summed E-state index contributed by atoms with van der Waals surface area (Å²) in [6.45, 7) is 6.53. The largest absolute Gasteiger partial charge is 0.384 e. The summed E-state index contributed by atoms with van der Waals surface area (Å²) in [6, 6.07) is 17.5. The van der Waals surface area contributed by atoms with Crippen LogP contribution in [0.25, 0.3) is 11.1 Å². The van der Waals surface area contributed by atoms with Gasteiger partial charge in [-0.25, -0.2) is 0 Å². The fourth-order valence-electron chi connectivity index (χ4n) is 3.30. The van der Waals surface area contributed by atoms with Crippen molar-refractivity contribution in [2.45, 2.75) is 27.2 Å². The van der Waals surface area contributed by atoms with Crippen molar-refractivity contribution in [3.05, 3.63) is 75.5 Å². The first-order chi connectivity index (χ1) is 14.4. The number of hydrogen-bond donors (Lipinski definition) is 1. The van der Waals surface area contributed by atoms with Gasteiger partial charge in [0.2, 0.25) is 0 Å². The number of thiophene rings is 1. The molecule has 4 nitrogen and oxygen atoms in total. The second kappa shape index (κ2) is 9.83. The molecule has 0 fully saturated rings. The van der Waals surface area contributed by atoms with E-state index in [-0.39, 0.29) is 17.6 Å². The maximum Gasteiger partial charge on any atom is 0.265 e. The molecule has 0 bridgehead atoms. The average molecular weight is 422 g/mol. The molecule has 0 saturated carbocycles. The molecule has 2 aromatic carbocycles. The number of rotatable bonds is 8. The lowest BCUT2D eigenvalue weighted by molar-refractivity contribution is 0.0919. The lowest BCUT2D eigenvalue weighted by Crippen LogP contribution is -2.13. The van der Waals surface area contributed by atoms with Crippen molar-refractivity contribution in [3.63, 3.8) is 0 Å². The van der Waals surface area contributed by atoms with Crippen LogP contribution >= 0.6 is 11.3 Å². The molecule has 1 heterocycles. The van der Waals surface area contributed by atoms with Gasteiger partial charge < -0.3 is 10.1 Å². The molecular formula is C25H27NO3S. The van der Waals surface area contributed by atoms with Gasteiger partial charge in [-0.15, -0.1) is 11.3 Å². The molecule has 3 rings (SSSR count). The van der Waals surface area contributed by atoms with Gasteiger partial charge in [0.05, 0.1) is 4.88 Å². The lowest BCUT2D eigenvalue weighted by atomic mass is 9.95. The third-order valence-electron chi connectivity index (χ3n) is 4.85. The molecule has 1 N–H and O–H groups in total. The van der Waals surface area contributed by atoms with Crippen molar-refractivity contribution in [2.24, 2.45) is 5.92 Å². The highest BCUT2D eigenvalue weighted by molar-refractivity contribution is 7.14. The number of amides is 1. The van der Waals surface area contributed by atoms with Crippen LogP contribution in [-0.2, 0) is 4.74 Å². The molecule has 1 unspecified atom stereocenters. The predicted octanol–water partition coefficient (Wildman–Crippen LogP) is 6.14. The SMILES string of the molecule is COCC(C)CC(=O)c1cc(NC(=O)c2ccc(C)s2)cc(-c2ccc(C)cc2)c1. The molecule has 5 heteroatoms. The van der Waals surface area contributed by atoms with Crippen LogP contribution in [0.5, 0.6) is 0 Å². The van der Waals surface area contributed by atoms with Crippen LogP contribution in [-0.4, -0.2) is 25.4 Å². The van der Waals surface area contributed by atoms with E-state index in [2.05, 4.69) is 5.32 Å². The summed E-state index contributed by atoms with van der Waals surface area (Å²) in [4.78, 5) is 27.3. The second-order valence-electron chi connectivity index (χ2n) is 7.72. The topological polar surface area (TPSA) is 55.4 Å². The van der Waals surface area contributed by atoms with E-state index in [0.29, 0.717) is 29.2 Å². The van der Waals surface area contributed by atoms with E-state index >= 15 is 0 Å². The summed E-state index contributed by atoms with van der Waals surface area (Å²) < 4.78 is 5.16. The minimum atomic E-state index is -0.166. The normalized spacial score (nSPS) is 11.9. The minimum absolute atomic E-state index is 0.0379. The molecule has 0 aliphatic carbocycles. The third-order valence-corrected chi connectivity index (χ3v) is 5.85. The molecule has 1 atom stereocenters. The van der Waals surface area contributed by atoms with Gasteiger partial charge in [0.15, 0.2) is 5.78 Å². The van der Waals surface area contributed by atoms with Crippen LogP contribution in [0.3, 0.4) is 0 Å². The number of methoxy groups -OCH3 is 1. The Kier molecular flexibility index (Phi) is 7.19. The standard InChI is InChI=1S/C25H27NO3S/c1-16-5-8-19(9-6-16)20-12-21(23(27)11-17(2)15-29-4)14-22(13-20)26-25(28)24-10-7-18(3)30-24/h5-10,12-14,17H,11,15H2,1-4H3,(H,26,28). The number of Topliss-reactive ketones (excluding diaryl/α,β-unsaturated/α-hetero) is 1. The highest BCUT2D eigenvalue weighted by Gasteiger charge is 2.16. The fourth-order valence-corrected chi connectivity index (χ4v) is 4.06. The van der Waals surface area contributed by atoms with Gasteiger partial charge in [-0.3, -0.25) is 9.59 Å². The molecule has 0 saturated heterocycles. The summed E-state index contributed by atoms with van der Waals surface area (Å²) in [5.41, 5.74) is 4.28. The quantitative estimate of drug-likeness (QED) is 0.445. The van der Waals surface area contributed by atoms with Crippen LogP contribution in [0.2, 0.25) is 0 Å². The fraction of sp³-hybridized carbons (Fsp3) is 0.280. The molecule has 1 amide bonds. The Morgan fingerprint density at radius 1 is 1.00 bits per heavy atom. The number of hydrogen-bond acceptors (Lipinski definition) is 4. The van der Waals surface area contributed by atoms with Gasteiger partial charge >= 0.3 is 0 Å². The van der Waals surface area contributed by atoms with Crippen molar-refractivity contribution < 1.29 is 14.3 Å². The molecule has 0 aliphatic rings. The van der Waals surface area contributed by atoms with Crippen LogP contribution in [0, 0.1) is 19.8 Å². The van der Waals surface area contributed by atoms with Crippen LogP contribution in [0.1, 0.15) is 43.8 Å². The number of carbonyl (C=O) groups is 2. The van der Waals surface area contributed by atoms with Gasteiger partial charge in [0, 0.05) is 36.3 Å². The van der Waals surface area contributed by atoms with E-state index in [1.54, 1.807) is 13.2 Å². The number of nitrogens with one attached hydrogen (secondary N) is 1. The van der Waals surface area contributed by atoms with E-state index < -0.39 is 0 Å². The average Bonchev–Trinajstić information content (AvgIpc) is 3.15. The summed E-state index contributed by atoms with van der Waals surface area (Å²) in [5.74, 6) is -0.00560. The zero-order chi connectivity index (χ0) is 21.7. The van der Waals surface area contributed by atoms with Crippen molar-refractivity contribution in [3.8, 4) is 11.1 Å². The van der Waals surface area contributed by atoms with Gasteiger partial charge in [-0.1, -0.05) is 36.8 Å². The van der Waals surface area contributed by atoms with E-state index in [1.165, 1.54) is 16.9 Å². The Bertz CT molecular complexity index is 1040. The molecule has 1 aromatic heterocycles. The van der Waals surface area contributed by atoms with Crippen molar-refractivity contribution in [1.82, 2.24) is 0 Å². The zero-order valence-electron chi connectivity index (χ0n) is 17.8. The van der Waals surface area contributed by atoms with Gasteiger partial charge in [0.1, 0.15) is 0 Å². The minimum Gasteiger partial charge on any atom is -0.384 e. The summed E-state index contributed by atoms with van der Waals surface area (Å²) in [6.07, 6.45) is 0.392. The second-order valence-corrected chi connectivity index (χ2v) is 9.01. The Labute approximate surface area is 181 Å². The van der Waals surface area contributed by atoms with E-state index in [4.69, 9.17) is 4.74 Å². The molecule has 0 aliphatic heterocycles. The molecule has 0 radical (unpaired) electrons. The Balaban J connectivity index is 1.94. The number of aryl methyl sites for hydroxylation is 2.